The molecule has 1 aromatic rings. The molecule has 1 aromatic heterocycles. The maximum absolute atomic E-state index is 12.2. The van der Waals surface area contributed by atoms with E-state index >= 15 is 0 Å². The van der Waals surface area contributed by atoms with Crippen LogP contribution in [0.15, 0.2) is 18.7 Å². The predicted octanol–water partition coefficient (Wildman–Crippen LogP) is 9.40. The molecule has 0 aliphatic rings. The monoisotopic (exact) mass is 662 g/mol. The van der Waals surface area contributed by atoms with Gasteiger partial charge < -0.3 is 4.55 Å². The first kappa shape index (κ1) is 41.5. The summed E-state index contributed by atoms with van der Waals surface area (Å²) in [5.41, 5.74) is 0. The second-order valence-corrected chi connectivity index (χ2v) is 12.2. The second-order valence-electron chi connectivity index (χ2n) is 10.8. The van der Waals surface area contributed by atoms with E-state index in [1.807, 2.05) is 0 Å². The minimum Gasteiger partial charge on any atom is -0.743 e. The van der Waals surface area contributed by atoms with Crippen LogP contribution in [0, 0.1) is 0 Å². The lowest BCUT2D eigenvalue weighted by Crippen LogP contribution is -2.63. The Kier molecular flexibility index (Phi) is 19.1. The first-order chi connectivity index (χ1) is 19.9. The first-order valence-corrected chi connectivity index (χ1v) is 16.5. The Bertz CT molecular complexity index is 969. The van der Waals surface area contributed by atoms with E-state index in [0.717, 1.165) is 0 Å². The van der Waals surface area contributed by atoms with Crippen molar-refractivity contribution in [3.8, 4) is 0 Å². The average Bonchev–Trinajstić information content (AvgIpc) is 3.35. The van der Waals surface area contributed by atoms with Gasteiger partial charge in [-0.25, -0.2) is 17.6 Å². The van der Waals surface area contributed by atoms with Gasteiger partial charge in [-0.15, -0.1) is 0 Å². The van der Waals surface area contributed by atoms with Gasteiger partial charge in [0.25, 0.3) is 0 Å². The van der Waals surface area contributed by atoms with Gasteiger partial charge >= 0.3 is 23.3 Å². The van der Waals surface area contributed by atoms with E-state index < -0.39 is 33.4 Å². The van der Waals surface area contributed by atoms with Crippen LogP contribution < -0.4 is 4.57 Å². The fourth-order valence-corrected chi connectivity index (χ4v) is 4.70. The molecule has 0 aliphatic heterocycles. The summed E-state index contributed by atoms with van der Waals surface area (Å²) in [4.78, 5) is 0. The molecule has 0 aliphatic carbocycles. The fraction of sp³-hybridized carbons (Fsp3) is 0.893. The third-order valence-electron chi connectivity index (χ3n) is 6.97. The van der Waals surface area contributed by atoms with Gasteiger partial charge in [0.15, 0.2) is 10.1 Å². The van der Waals surface area contributed by atoms with Crippen molar-refractivity contribution in [2.75, 3.05) is 0 Å². The highest BCUT2D eigenvalue weighted by Crippen LogP contribution is 2.54. The van der Waals surface area contributed by atoms with Crippen LogP contribution in [0.2, 0.25) is 0 Å². The summed E-state index contributed by atoms with van der Waals surface area (Å²) in [5, 5.41) is -7.11. The maximum atomic E-state index is 12.2. The number of hydrogen-bond acceptors (Lipinski definition) is 3. The van der Waals surface area contributed by atoms with Gasteiger partial charge in [-0.3, -0.25) is 0 Å². The molecule has 0 N–H and O–H groups in total. The van der Waals surface area contributed by atoms with Gasteiger partial charge in [0.2, 0.25) is 6.33 Å². The molecule has 15 heteroatoms. The molecule has 1 rings (SSSR count). The summed E-state index contributed by atoms with van der Waals surface area (Å²) in [6, 6.07) is 0. The van der Waals surface area contributed by atoms with Gasteiger partial charge in [0, 0.05) is 0 Å². The first-order valence-electron chi connectivity index (χ1n) is 15.1. The molecule has 0 bridgehead atoms. The Balaban J connectivity index is 0.000000901. The van der Waals surface area contributed by atoms with Crippen LogP contribution in [0.5, 0.6) is 0 Å². The number of nitrogens with zero attached hydrogens (tertiary/aromatic N) is 2. The summed E-state index contributed by atoms with van der Waals surface area (Å²) in [6.07, 6.45) is 23.6. The number of hydrogen-bond donors (Lipinski definition) is 0. The molecule has 1 heterocycles. The molecule has 0 amide bonds. The van der Waals surface area contributed by atoms with E-state index in [-0.39, 0.29) is 0 Å². The molecule has 0 atom stereocenters. The second kappa shape index (κ2) is 19.8. The Hall–Kier alpha value is -1.51. The van der Waals surface area contributed by atoms with Crippen LogP contribution in [-0.2, 0) is 23.2 Å². The third-order valence-corrected chi connectivity index (χ3v) is 7.85. The van der Waals surface area contributed by atoms with Gasteiger partial charge in [-0.1, -0.05) is 97.3 Å². The molecule has 0 saturated carbocycles. The molecule has 256 valence electrons. The number of imidazole rings is 1. The smallest absolute Gasteiger partial charge is 0.460 e. The van der Waals surface area contributed by atoms with Crippen molar-refractivity contribution < 1.29 is 57.1 Å². The number of rotatable bonds is 22. The van der Waals surface area contributed by atoms with Crippen molar-refractivity contribution in [1.82, 2.24) is 4.57 Å². The number of aromatic nitrogens is 2. The highest BCUT2D eigenvalue weighted by atomic mass is 32.2. The molecule has 43 heavy (non-hydrogen) atoms. The van der Waals surface area contributed by atoms with Gasteiger partial charge in [-0.2, -0.15) is 39.5 Å². The minimum absolute atomic E-state index is 1.19. The summed E-state index contributed by atoms with van der Waals surface area (Å²) >= 11 is 0. The summed E-state index contributed by atoms with van der Waals surface area (Å²) in [6.45, 7) is 6.97. The standard InChI is InChI=1S/C24H47N2.C4HF9O3S/c1-3-5-7-9-11-13-15-17-19-21-26-23-22-25(24-26)20-18-16-14-12-10-8-6-4-2;5-1(6,3(9,10)11)2(7,8)4(12,13)17(14,15)16/h22-24H,3-21H2,1-2H3;(H,14,15,16)/q+1;/p-1. The topological polar surface area (TPSA) is 66.0 Å². The van der Waals surface area contributed by atoms with E-state index in [1.54, 1.807) is 0 Å². The molecule has 0 saturated heterocycles. The molecule has 0 fully saturated rings. The zero-order valence-electron chi connectivity index (χ0n) is 25.1. The number of unbranched alkanes of at least 4 members (excludes halogenated alkanes) is 15. The van der Waals surface area contributed by atoms with E-state index in [1.165, 1.54) is 122 Å². The Morgan fingerprint density at radius 3 is 1.42 bits per heavy atom. The van der Waals surface area contributed by atoms with Crippen LogP contribution in [0.25, 0.3) is 0 Å². The molecule has 0 aromatic carbocycles. The fourth-order valence-electron chi connectivity index (χ4n) is 4.25. The molecular weight excluding hydrogens is 615 g/mol. The Morgan fingerprint density at radius 2 is 1.02 bits per heavy atom. The van der Waals surface area contributed by atoms with Gasteiger partial charge in [0.1, 0.15) is 12.4 Å². The van der Waals surface area contributed by atoms with Crippen molar-refractivity contribution in [2.45, 2.75) is 159 Å². The number of aryl methyl sites for hydroxylation is 2. The van der Waals surface area contributed by atoms with E-state index in [9.17, 15) is 52.5 Å². The van der Waals surface area contributed by atoms with E-state index in [2.05, 4.69) is 41.7 Å². The average molecular weight is 663 g/mol. The lowest BCUT2D eigenvalue weighted by atomic mass is 10.1. The largest absolute Gasteiger partial charge is 0.743 e. The van der Waals surface area contributed by atoms with Crippen molar-refractivity contribution in [1.29, 1.82) is 0 Å². The van der Waals surface area contributed by atoms with Crippen LogP contribution in [0.1, 0.15) is 123 Å². The van der Waals surface area contributed by atoms with Crippen molar-refractivity contribution >= 4 is 10.1 Å². The summed E-state index contributed by atoms with van der Waals surface area (Å²) in [7, 11) is -7.42. The van der Waals surface area contributed by atoms with Crippen molar-refractivity contribution in [2.24, 2.45) is 0 Å². The highest BCUT2D eigenvalue weighted by molar-refractivity contribution is 7.86. The van der Waals surface area contributed by atoms with Gasteiger partial charge in [0.05, 0.1) is 13.1 Å². The quantitative estimate of drug-likeness (QED) is 0.0538. The number of alkyl halides is 9. The third kappa shape index (κ3) is 14.4. The zero-order chi connectivity index (χ0) is 33.2. The Morgan fingerprint density at radius 1 is 0.628 bits per heavy atom. The maximum Gasteiger partial charge on any atom is 0.460 e. The van der Waals surface area contributed by atoms with E-state index in [0.29, 0.717) is 0 Å². The summed E-state index contributed by atoms with van der Waals surface area (Å²) in [5.74, 6) is -14.8. The van der Waals surface area contributed by atoms with Crippen LogP contribution in [-0.4, -0.2) is 40.8 Å². The van der Waals surface area contributed by atoms with Gasteiger partial charge in [-0.05, 0) is 25.7 Å². The van der Waals surface area contributed by atoms with E-state index in [4.69, 9.17) is 0 Å². The van der Waals surface area contributed by atoms with Crippen LogP contribution in [0.3, 0.4) is 0 Å². The SMILES string of the molecule is CCCCCCCCCCC[n+]1ccn(CCCCCCCCCC)c1.O=S(=O)([O-])C(F)(F)C(F)(F)C(F)(F)C(F)(F)F. The normalized spacial score (nSPS) is 13.2. The zero-order valence-corrected chi connectivity index (χ0v) is 25.9. The predicted molar refractivity (Wildman–Crippen MR) is 145 cm³/mol. The van der Waals surface area contributed by atoms with Crippen LogP contribution in [0.4, 0.5) is 39.5 Å². The number of halogens is 9. The molecular formula is C28H47F9N2O3S. The lowest BCUT2D eigenvalue weighted by Gasteiger charge is -2.34. The van der Waals surface area contributed by atoms with Crippen molar-refractivity contribution in [3.63, 3.8) is 0 Å². The minimum atomic E-state index is -7.43. The molecule has 5 nitrogen and oxygen atoms in total. The van der Waals surface area contributed by atoms with Crippen molar-refractivity contribution in [3.05, 3.63) is 18.7 Å². The highest BCUT2D eigenvalue weighted by Gasteiger charge is 2.83. The Labute approximate surface area is 250 Å². The molecule has 0 spiro atoms. The summed E-state index contributed by atoms with van der Waals surface area (Å²) < 4.78 is 140. The lowest BCUT2D eigenvalue weighted by molar-refractivity contribution is -0.696. The molecule has 0 unspecified atom stereocenters. The van der Waals surface area contributed by atoms with Crippen LogP contribution >= 0.6 is 0 Å². The molecule has 0 radical (unpaired) electrons.